The lowest BCUT2D eigenvalue weighted by Crippen LogP contribution is -2.37. The summed E-state index contributed by atoms with van der Waals surface area (Å²) in [6.45, 7) is 3.88. The molecule has 0 aliphatic carbocycles. The van der Waals surface area contributed by atoms with Crippen molar-refractivity contribution in [3.63, 3.8) is 0 Å². The third-order valence-corrected chi connectivity index (χ3v) is 6.77. The van der Waals surface area contributed by atoms with Crippen molar-refractivity contribution in [3.8, 4) is 11.1 Å². The Morgan fingerprint density at radius 1 is 1.31 bits per heavy atom. The summed E-state index contributed by atoms with van der Waals surface area (Å²) < 4.78 is 7.03. The first-order valence-corrected chi connectivity index (χ1v) is 10.2. The SMILES string of the molecule is CCc1cc(-c2cc(Cl)sc2Cl)ccc1C1=C(O)[C@@]2(C)CC[C@@H](O2)C1=O. The minimum atomic E-state index is -0.762. The first-order chi connectivity index (χ1) is 12.3. The van der Waals surface area contributed by atoms with Crippen LogP contribution in [0.4, 0.5) is 0 Å². The van der Waals surface area contributed by atoms with Gasteiger partial charge in [-0.25, -0.2) is 0 Å². The lowest BCUT2D eigenvalue weighted by Gasteiger charge is -2.31. The summed E-state index contributed by atoms with van der Waals surface area (Å²) >= 11 is 13.7. The molecule has 0 radical (unpaired) electrons. The molecule has 2 atom stereocenters. The summed E-state index contributed by atoms with van der Waals surface area (Å²) in [6.07, 6.45) is 1.57. The third kappa shape index (κ3) is 2.71. The molecule has 1 fully saturated rings. The number of halogens is 2. The minimum absolute atomic E-state index is 0.0512. The number of ketones is 1. The number of hydrogen-bond acceptors (Lipinski definition) is 4. The summed E-state index contributed by atoms with van der Waals surface area (Å²) in [5.74, 6) is -0.0770. The number of thiophene rings is 1. The molecule has 0 amide bonds. The molecule has 4 rings (SSSR count). The number of aliphatic hydroxyl groups is 1. The number of hydrogen-bond donors (Lipinski definition) is 1. The highest BCUT2D eigenvalue weighted by molar-refractivity contribution is 7.20. The summed E-state index contributed by atoms with van der Waals surface area (Å²) in [5.41, 5.74) is 3.23. The van der Waals surface area contributed by atoms with Gasteiger partial charge in [-0.3, -0.25) is 4.79 Å². The van der Waals surface area contributed by atoms with Gasteiger partial charge in [0.05, 0.1) is 9.91 Å². The van der Waals surface area contributed by atoms with Gasteiger partial charge in [0.25, 0.3) is 0 Å². The van der Waals surface area contributed by atoms with E-state index in [4.69, 9.17) is 27.9 Å². The van der Waals surface area contributed by atoms with E-state index in [-0.39, 0.29) is 11.5 Å². The lowest BCUT2D eigenvalue weighted by atomic mass is 9.87. The van der Waals surface area contributed by atoms with E-state index in [1.807, 2.05) is 38.1 Å². The van der Waals surface area contributed by atoms with E-state index in [1.165, 1.54) is 11.3 Å². The number of carbonyl (C=O) groups excluding carboxylic acids is 1. The summed E-state index contributed by atoms with van der Waals surface area (Å²) in [7, 11) is 0. The van der Waals surface area contributed by atoms with Crippen LogP contribution in [0.5, 0.6) is 0 Å². The molecule has 3 heterocycles. The lowest BCUT2D eigenvalue weighted by molar-refractivity contribution is -0.130. The minimum Gasteiger partial charge on any atom is -0.508 e. The van der Waals surface area contributed by atoms with Crippen molar-refractivity contribution >= 4 is 45.9 Å². The maximum Gasteiger partial charge on any atom is 0.195 e. The molecule has 1 N–H and O–H groups in total. The van der Waals surface area contributed by atoms with Crippen molar-refractivity contribution in [2.24, 2.45) is 0 Å². The highest BCUT2D eigenvalue weighted by Gasteiger charge is 2.50. The van der Waals surface area contributed by atoms with Crippen molar-refractivity contribution in [1.29, 1.82) is 0 Å². The van der Waals surface area contributed by atoms with Gasteiger partial charge < -0.3 is 9.84 Å². The number of aliphatic hydroxyl groups excluding tert-OH is 1. The van der Waals surface area contributed by atoms with Gasteiger partial charge in [-0.15, -0.1) is 11.3 Å². The molecular weight excluding hydrogens is 391 g/mol. The Labute approximate surface area is 166 Å². The van der Waals surface area contributed by atoms with E-state index in [0.717, 1.165) is 28.7 Å². The molecule has 2 aromatic rings. The Balaban J connectivity index is 1.85. The standard InChI is InChI=1S/C20H18Cl2O3S/c1-3-10-8-11(13-9-15(21)26-19(13)22)4-5-12(10)16-17(23)14-6-7-20(2,25-14)18(16)24/h4-5,8-9,14,24H,3,6-7H2,1-2H3/t14-,20-/m1/s1. The van der Waals surface area contributed by atoms with Gasteiger partial charge in [0.2, 0.25) is 0 Å². The van der Waals surface area contributed by atoms with Crippen LogP contribution in [0.2, 0.25) is 8.67 Å². The van der Waals surface area contributed by atoms with Crippen molar-refractivity contribution in [1.82, 2.24) is 0 Å². The molecule has 0 unspecified atom stereocenters. The van der Waals surface area contributed by atoms with E-state index >= 15 is 0 Å². The van der Waals surface area contributed by atoms with Crippen LogP contribution >= 0.6 is 34.5 Å². The van der Waals surface area contributed by atoms with Crippen LogP contribution < -0.4 is 0 Å². The third-order valence-electron chi connectivity index (χ3n) is 5.29. The normalized spacial score (nSPS) is 25.2. The predicted octanol–water partition coefficient (Wildman–Crippen LogP) is 6.07. The topological polar surface area (TPSA) is 46.5 Å². The zero-order valence-electron chi connectivity index (χ0n) is 14.4. The van der Waals surface area contributed by atoms with Crippen LogP contribution in [-0.2, 0) is 16.0 Å². The summed E-state index contributed by atoms with van der Waals surface area (Å²) in [6, 6.07) is 7.69. The molecule has 1 saturated heterocycles. The Morgan fingerprint density at radius 3 is 2.73 bits per heavy atom. The number of carbonyl (C=O) groups is 1. The summed E-state index contributed by atoms with van der Waals surface area (Å²) in [5, 5.41) is 10.8. The first kappa shape index (κ1) is 18.1. The zero-order valence-corrected chi connectivity index (χ0v) is 16.8. The summed E-state index contributed by atoms with van der Waals surface area (Å²) in [4.78, 5) is 12.8. The van der Waals surface area contributed by atoms with Crippen LogP contribution in [0, 0.1) is 0 Å². The van der Waals surface area contributed by atoms with Crippen molar-refractivity contribution < 1.29 is 14.6 Å². The molecular formula is C20H18Cl2O3S. The van der Waals surface area contributed by atoms with Crippen molar-refractivity contribution in [2.75, 3.05) is 0 Å². The van der Waals surface area contributed by atoms with Gasteiger partial charge in [0, 0.05) is 5.56 Å². The molecule has 2 aliphatic rings. The van der Waals surface area contributed by atoms with E-state index < -0.39 is 11.7 Å². The maximum atomic E-state index is 12.8. The van der Waals surface area contributed by atoms with E-state index in [9.17, 15) is 9.90 Å². The monoisotopic (exact) mass is 408 g/mol. The fourth-order valence-electron chi connectivity index (χ4n) is 3.83. The number of aryl methyl sites for hydroxylation is 1. The van der Waals surface area contributed by atoms with Crippen LogP contribution in [-0.4, -0.2) is 22.6 Å². The van der Waals surface area contributed by atoms with Crippen LogP contribution in [0.3, 0.4) is 0 Å². The van der Waals surface area contributed by atoms with Crippen molar-refractivity contribution in [2.45, 2.75) is 44.8 Å². The number of ether oxygens (including phenoxy) is 1. The maximum absolute atomic E-state index is 12.8. The van der Waals surface area contributed by atoms with Crippen LogP contribution in [0.15, 0.2) is 30.0 Å². The average Bonchev–Trinajstić information content (AvgIpc) is 3.15. The molecule has 1 aromatic carbocycles. The van der Waals surface area contributed by atoms with Gasteiger partial charge in [-0.2, -0.15) is 0 Å². The Hall–Kier alpha value is -1.33. The first-order valence-electron chi connectivity index (χ1n) is 8.58. The van der Waals surface area contributed by atoms with Gasteiger partial charge in [-0.1, -0.05) is 48.3 Å². The highest BCUT2D eigenvalue weighted by Crippen LogP contribution is 2.46. The Morgan fingerprint density at radius 2 is 2.08 bits per heavy atom. The van der Waals surface area contributed by atoms with Gasteiger partial charge in [0.15, 0.2) is 5.78 Å². The Kier molecular flexibility index (Phi) is 4.43. The molecule has 2 bridgehead atoms. The Bertz CT molecular complexity index is 947. The second kappa shape index (κ2) is 6.38. The molecule has 3 nitrogen and oxygen atoms in total. The van der Waals surface area contributed by atoms with E-state index in [1.54, 1.807) is 0 Å². The molecule has 0 saturated carbocycles. The van der Waals surface area contributed by atoms with Crippen molar-refractivity contribution in [3.05, 3.63) is 49.8 Å². The molecule has 1 aromatic heterocycles. The van der Waals surface area contributed by atoms with E-state index in [2.05, 4.69) is 0 Å². The highest BCUT2D eigenvalue weighted by atomic mass is 35.5. The fourth-order valence-corrected chi connectivity index (χ4v) is 5.34. The second-order valence-corrected chi connectivity index (χ2v) is 9.21. The number of rotatable bonds is 3. The van der Waals surface area contributed by atoms with Gasteiger partial charge >= 0.3 is 0 Å². The quantitative estimate of drug-likeness (QED) is 0.669. The molecule has 136 valence electrons. The van der Waals surface area contributed by atoms with Crippen LogP contribution in [0.1, 0.15) is 37.8 Å². The smallest absolute Gasteiger partial charge is 0.195 e. The largest absolute Gasteiger partial charge is 0.508 e. The number of Topliss-reactive ketones (excluding diaryl/α,β-unsaturated/α-hetero) is 1. The number of fused-ring (bicyclic) bond motifs is 2. The average molecular weight is 409 g/mol. The predicted molar refractivity (Wildman–Crippen MR) is 106 cm³/mol. The second-order valence-electron chi connectivity index (χ2n) is 6.93. The molecule has 0 spiro atoms. The van der Waals surface area contributed by atoms with E-state index in [0.29, 0.717) is 27.1 Å². The fraction of sp³-hybridized carbons (Fsp3) is 0.350. The van der Waals surface area contributed by atoms with Crippen LogP contribution in [0.25, 0.3) is 16.7 Å². The van der Waals surface area contributed by atoms with Gasteiger partial charge in [-0.05, 0) is 48.9 Å². The van der Waals surface area contributed by atoms with Gasteiger partial charge in [0.1, 0.15) is 21.8 Å². The molecule has 2 aliphatic heterocycles. The zero-order chi connectivity index (χ0) is 18.6. The number of benzene rings is 1. The molecule has 6 heteroatoms. The molecule has 26 heavy (non-hydrogen) atoms.